The van der Waals surface area contributed by atoms with Crippen molar-refractivity contribution >= 4 is 10.4 Å². The minimum Gasteiger partial charge on any atom is -0.390 e. The number of aliphatic hydroxyl groups excluding tert-OH is 3. The van der Waals surface area contributed by atoms with E-state index >= 15 is 0 Å². The SMILES string of the molecule is C[C@]12CCCC[C@@H]1CC[C@@H]1[C@@H]2CC[C@]2(C)[C@@H](OS(=O)(=O)O[N+](CCO)(CCO)CCO)CC[C@@H]12. The minimum atomic E-state index is -4.40. The zero-order valence-electron chi connectivity index (χ0n) is 21.0. The van der Waals surface area contributed by atoms with Crippen molar-refractivity contribution in [1.29, 1.82) is 0 Å². The Labute approximate surface area is 205 Å². The first kappa shape index (κ1) is 26.8. The number of quaternary nitrogens is 1. The topological polar surface area (TPSA) is 113 Å². The maximum atomic E-state index is 13.1. The molecule has 0 spiro atoms. The van der Waals surface area contributed by atoms with Crippen LogP contribution in [0.5, 0.6) is 0 Å². The third kappa shape index (κ3) is 4.83. The molecule has 4 rings (SSSR count). The van der Waals surface area contributed by atoms with Gasteiger partial charge in [-0.3, -0.25) is 0 Å². The summed E-state index contributed by atoms with van der Waals surface area (Å²) in [5.74, 6) is 2.70. The number of hydrogen-bond acceptors (Lipinski definition) is 7. The Balaban J connectivity index is 1.49. The van der Waals surface area contributed by atoms with Crippen molar-refractivity contribution < 1.29 is 36.9 Å². The Morgan fingerprint density at radius 2 is 1.44 bits per heavy atom. The predicted molar refractivity (Wildman–Crippen MR) is 127 cm³/mol. The normalized spacial score (nSPS) is 40.4. The second-order valence-corrected chi connectivity index (χ2v) is 13.1. The molecule has 0 heterocycles. The molecule has 34 heavy (non-hydrogen) atoms. The molecule has 0 radical (unpaired) electrons. The second kappa shape index (κ2) is 10.2. The van der Waals surface area contributed by atoms with E-state index in [-0.39, 0.29) is 44.9 Å². The Morgan fingerprint density at radius 3 is 2.09 bits per heavy atom. The molecule has 9 heteroatoms. The first-order valence-electron chi connectivity index (χ1n) is 13.5. The zero-order chi connectivity index (χ0) is 24.6. The molecule has 0 aliphatic heterocycles. The Hall–Kier alpha value is -0.290. The fourth-order valence-corrected chi connectivity index (χ4v) is 10.00. The van der Waals surface area contributed by atoms with Crippen LogP contribution < -0.4 is 0 Å². The second-order valence-electron chi connectivity index (χ2n) is 12.0. The van der Waals surface area contributed by atoms with Gasteiger partial charge in [-0.2, -0.15) is 13.1 Å². The van der Waals surface area contributed by atoms with E-state index in [1.807, 2.05) is 0 Å². The van der Waals surface area contributed by atoms with Crippen LogP contribution >= 0.6 is 0 Å². The molecule has 4 aliphatic rings. The van der Waals surface area contributed by atoms with Crippen molar-refractivity contribution in [3.05, 3.63) is 0 Å². The van der Waals surface area contributed by atoms with Crippen molar-refractivity contribution in [3.63, 3.8) is 0 Å². The number of nitrogens with zero attached hydrogens (tertiary/aromatic N) is 1. The van der Waals surface area contributed by atoms with Crippen molar-refractivity contribution in [2.45, 2.75) is 84.2 Å². The molecular formula is C25H46NO7S+. The summed E-state index contributed by atoms with van der Waals surface area (Å²) in [6.45, 7) is 3.59. The van der Waals surface area contributed by atoms with E-state index < -0.39 is 21.1 Å². The smallest absolute Gasteiger partial charge is 0.390 e. The van der Waals surface area contributed by atoms with Crippen LogP contribution in [0.1, 0.15) is 78.1 Å². The number of aliphatic hydroxyl groups is 3. The van der Waals surface area contributed by atoms with E-state index in [1.165, 1.54) is 38.5 Å². The summed E-state index contributed by atoms with van der Waals surface area (Å²) >= 11 is 0. The highest BCUT2D eigenvalue weighted by atomic mass is 32.3. The molecule has 7 atom stereocenters. The van der Waals surface area contributed by atoms with E-state index in [0.717, 1.165) is 31.1 Å². The van der Waals surface area contributed by atoms with Gasteiger partial charge < -0.3 is 15.3 Å². The van der Waals surface area contributed by atoms with Gasteiger partial charge in [-0.25, -0.2) is 4.18 Å². The quantitative estimate of drug-likeness (QED) is 0.310. The lowest BCUT2D eigenvalue weighted by Crippen LogP contribution is -2.55. The lowest BCUT2D eigenvalue weighted by molar-refractivity contribution is -1.08. The fraction of sp³-hybridized carbons (Fsp3) is 1.00. The van der Waals surface area contributed by atoms with Gasteiger partial charge in [0.15, 0.2) is 0 Å². The highest BCUT2D eigenvalue weighted by molar-refractivity contribution is 7.81. The molecule has 0 aromatic heterocycles. The Bertz CT molecular complexity index is 790. The molecule has 0 unspecified atom stereocenters. The van der Waals surface area contributed by atoms with Gasteiger partial charge in [0.25, 0.3) is 0 Å². The summed E-state index contributed by atoms with van der Waals surface area (Å²) in [6.07, 6.45) is 11.4. The highest BCUT2D eigenvalue weighted by Crippen LogP contribution is 2.66. The largest absolute Gasteiger partial charge is 0.444 e. The lowest BCUT2D eigenvalue weighted by atomic mass is 9.45. The van der Waals surface area contributed by atoms with Crippen molar-refractivity contribution in [2.24, 2.45) is 34.5 Å². The summed E-state index contributed by atoms with van der Waals surface area (Å²) in [6, 6.07) is 0. The summed E-state index contributed by atoms with van der Waals surface area (Å²) in [5, 5.41) is 28.4. The summed E-state index contributed by atoms with van der Waals surface area (Å²) < 4.78 is 36.7. The molecular weight excluding hydrogens is 458 g/mol. The highest BCUT2D eigenvalue weighted by Gasteiger charge is 2.61. The van der Waals surface area contributed by atoms with Crippen LogP contribution in [0.4, 0.5) is 0 Å². The molecule has 0 amide bonds. The van der Waals surface area contributed by atoms with Crippen molar-refractivity contribution in [3.8, 4) is 0 Å². The standard InChI is InChI=1S/C25H46NO7S/c1-24-11-4-3-5-19(24)6-7-20-21-8-9-23(25(21,2)12-10-22(20)24)32-34(30,31)33-26(13-16-27,14-17-28)15-18-29/h19-23,27-29H,3-18H2,1-2H3/q+1/t19-,20+,21+,22+,23+,24+,25+/m1/s1. The summed E-state index contributed by atoms with van der Waals surface area (Å²) in [4.78, 5) is 0. The summed E-state index contributed by atoms with van der Waals surface area (Å²) in [7, 11) is -4.40. The van der Waals surface area contributed by atoms with Crippen LogP contribution in [0, 0.1) is 34.5 Å². The van der Waals surface area contributed by atoms with Crippen LogP contribution in [0.2, 0.25) is 0 Å². The molecule has 3 N–H and O–H groups in total. The van der Waals surface area contributed by atoms with Gasteiger partial charge in [-0.1, -0.05) is 26.7 Å². The maximum absolute atomic E-state index is 13.1. The summed E-state index contributed by atoms with van der Waals surface area (Å²) in [5.41, 5.74) is 0.239. The predicted octanol–water partition coefficient (Wildman–Crippen LogP) is 2.77. The molecule has 4 fully saturated rings. The average molecular weight is 505 g/mol. The number of fused-ring (bicyclic) bond motifs is 5. The average Bonchev–Trinajstić information content (AvgIpc) is 3.09. The van der Waals surface area contributed by atoms with Gasteiger partial charge in [0, 0.05) is 0 Å². The van der Waals surface area contributed by atoms with Gasteiger partial charge in [0.2, 0.25) is 0 Å². The minimum absolute atomic E-state index is 0.0578. The van der Waals surface area contributed by atoms with E-state index in [2.05, 4.69) is 13.8 Å². The Kier molecular flexibility index (Phi) is 8.05. The molecule has 198 valence electrons. The van der Waals surface area contributed by atoms with Crippen molar-refractivity contribution in [1.82, 2.24) is 0 Å². The first-order valence-corrected chi connectivity index (χ1v) is 14.8. The molecule has 0 bridgehead atoms. The van der Waals surface area contributed by atoms with Crippen LogP contribution in [0.25, 0.3) is 0 Å². The molecule has 8 nitrogen and oxygen atoms in total. The Morgan fingerprint density at radius 1 is 0.794 bits per heavy atom. The van der Waals surface area contributed by atoms with E-state index in [4.69, 9.17) is 8.47 Å². The van der Waals surface area contributed by atoms with E-state index in [9.17, 15) is 23.7 Å². The van der Waals surface area contributed by atoms with Gasteiger partial charge in [-0.15, -0.1) is 0 Å². The van der Waals surface area contributed by atoms with Gasteiger partial charge in [0.1, 0.15) is 19.6 Å². The van der Waals surface area contributed by atoms with Crippen LogP contribution in [-0.4, -0.2) is 73.9 Å². The van der Waals surface area contributed by atoms with E-state index in [0.29, 0.717) is 23.7 Å². The fourth-order valence-electron chi connectivity index (χ4n) is 8.75. The molecule has 0 saturated heterocycles. The molecule has 4 aliphatic carbocycles. The third-order valence-electron chi connectivity index (χ3n) is 10.5. The molecule has 4 saturated carbocycles. The maximum Gasteiger partial charge on any atom is 0.444 e. The number of hydrogen-bond donors (Lipinski definition) is 3. The van der Waals surface area contributed by atoms with Crippen LogP contribution in [0.3, 0.4) is 0 Å². The van der Waals surface area contributed by atoms with Gasteiger partial charge in [0.05, 0.1) is 25.9 Å². The number of hydroxylamine groups is 3. The number of rotatable bonds is 10. The molecule has 0 aromatic rings. The van der Waals surface area contributed by atoms with E-state index in [1.54, 1.807) is 0 Å². The lowest BCUT2D eigenvalue weighted by Gasteiger charge is -2.60. The zero-order valence-corrected chi connectivity index (χ0v) is 21.8. The van der Waals surface area contributed by atoms with Crippen LogP contribution in [0.15, 0.2) is 0 Å². The van der Waals surface area contributed by atoms with Crippen molar-refractivity contribution in [2.75, 3.05) is 39.5 Å². The monoisotopic (exact) mass is 504 g/mol. The third-order valence-corrected chi connectivity index (χ3v) is 11.5. The van der Waals surface area contributed by atoms with Gasteiger partial charge >= 0.3 is 10.4 Å². The molecule has 0 aromatic carbocycles. The first-order chi connectivity index (χ1) is 16.1. The van der Waals surface area contributed by atoms with Crippen LogP contribution in [-0.2, 0) is 18.9 Å². The van der Waals surface area contributed by atoms with Gasteiger partial charge in [-0.05, 0) is 90.2 Å².